The van der Waals surface area contributed by atoms with Crippen molar-refractivity contribution in [2.45, 2.75) is 124 Å². The summed E-state index contributed by atoms with van der Waals surface area (Å²) in [6, 6.07) is 28.0. The highest BCUT2D eigenvalue weighted by Gasteiger charge is 2.38. The highest BCUT2D eigenvalue weighted by Crippen LogP contribution is 2.47. The van der Waals surface area contributed by atoms with Crippen molar-refractivity contribution < 1.29 is 14.8 Å². The van der Waals surface area contributed by atoms with Gasteiger partial charge in [-0.05, 0) is 131 Å². The van der Waals surface area contributed by atoms with E-state index >= 15 is 0 Å². The van der Waals surface area contributed by atoms with Crippen LogP contribution in [-0.2, 0) is 21.7 Å². The second kappa shape index (κ2) is 16.2. The number of hydrogen-bond donors (Lipinski definition) is 1. The van der Waals surface area contributed by atoms with Gasteiger partial charge in [-0.3, -0.25) is 9.59 Å². The van der Waals surface area contributed by atoms with E-state index in [1.807, 2.05) is 54.6 Å². The number of oxime groups is 1. The lowest BCUT2D eigenvalue weighted by Crippen LogP contribution is -2.34. The fraction of sp³-hybridized carbons (Fsp3) is 0.380. The molecule has 0 aliphatic heterocycles. The van der Waals surface area contributed by atoms with Gasteiger partial charge in [-0.15, -0.1) is 0 Å². The van der Waals surface area contributed by atoms with Gasteiger partial charge in [-0.2, -0.15) is 0 Å². The Balaban J connectivity index is 0.000000238. The molecule has 0 unspecified atom stereocenters. The maximum atomic E-state index is 11.6. The zero-order valence-corrected chi connectivity index (χ0v) is 33.3. The Morgan fingerprint density at radius 3 is 1.57 bits per heavy atom. The number of carbonyl (C=O) groups excluding carboxylic acids is 2. The number of benzene rings is 4. The zero-order chi connectivity index (χ0) is 38.8. The van der Waals surface area contributed by atoms with Gasteiger partial charge in [0.1, 0.15) is 5.71 Å². The second-order valence-electron chi connectivity index (χ2n) is 17.4. The third kappa shape index (κ3) is 9.37. The number of rotatable bonds is 5. The molecule has 0 spiro atoms. The maximum absolute atomic E-state index is 11.6. The van der Waals surface area contributed by atoms with E-state index in [2.05, 4.69) is 103 Å². The molecule has 0 amide bonds. The van der Waals surface area contributed by atoms with Gasteiger partial charge in [0.25, 0.3) is 0 Å². The average Bonchev–Trinajstić information content (AvgIpc) is 3.12. The number of fused-ring (bicyclic) bond motifs is 2. The Labute approximate surface area is 324 Å². The Morgan fingerprint density at radius 2 is 1.04 bits per heavy atom. The van der Waals surface area contributed by atoms with Gasteiger partial charge < -0.3 is 5.21 Å². The van der Waals surface area contributed by atoms with E-state index in [9.17, 15) is 14.8 Å². The summed E-state index contributed by atoms with van der Waals surface area (Å²) in [5.41, 5.74) is 12.0. The lowest BCUT2D eigenvalue weighted by Gasteiger charge is -2.42. The quantitative estimate of drug-likeness (QED) is 0.0733. The Morgan fingerprint density at radius 1 is 0.574 bits per heavy atom. The normalized spacial score (nSPS) is 17.3. The van der Waals surface area contributed by atoms with Crippen molar-refractivity contribution >= 4 is 23.4 Å². The molecule has 54 heavy (non-hydrogen) atoms. The molecule has 4 heteroatoms. The fourth-order valence-electron chi connectivity index (χ4n) is 7.57. The van der Waals surface area contributed by atoms with Crippen molar-refractivity contribution in [1.82, 2.24) is 0 Å². The minimum atomic E-state index is 0. The maximum Gasteiger partial charge on any atom is 0.159 e. The van der Waals surface area contributed by atoms with Crippen molar-refractivity contribution in [1.29, 1.82) is 0 Å². The standard InChI is InChI=1S/C25H29NO2.C24H26O.CH4/c1-17(27)19-8-6-7-18(15-19)9-12-23(26-28)20-10-11-21-22(16-20)25(4,5)14-13-24(21,2)3;1-17(25)20-11-8-18(9-12-20)6-7-19-10-13-21-22(16-19)24(4,5)15-14-23(21,2)3;/h6-12,15-16,28H,13-14H2,1-5H3;8-13,16H,14-15H2,1-5H3;1H4/b12-9+,26-23+;;. The Bertz CT molecular complexity index is 2150. The molecule has 0 saturated carbocycles. The summed E-state index contributed by atoms with van der Waals surface area (Å²) in [5, 5.41) is 13.1. The van der Waals surface area contributed by atoms with Crippen molar-refractivity contribution in [2.75, 3.05) is 0 Å². The van der Waals surface area contributed by atoms with Crippen LogP contribution >= 0.6 is 0 Å². The first-order valence-electron chi connectivity index (χ1n) is 18.8. The molecule has 2 aliphatic carbocycles. The lowest BCUT2D eigenvalue weighted by atomic mass is 9.63. The highest BCUT2D eigenvalue weighted by atomic mass is 16.4. The second-order valence-corrected chi connectivity index (χ2v) is 17.4. The van der Waals surface area contributed by atoms with Gasteiger partial charge in [-0.1, -0.05) is 134 Å². The SMILES string of the molecule is C.CC(=O)c1ccc(C#Cc2ccc3c(c2)C(C)(C)CCC3(C)C)cc1.CC(=O)c1cccc(/C=C/C(=N\O)c2ccc3c(c2)C(C)(C)CCC3(C)C)c1. The van der Waals surface area contributed by atoms with E-state index in [-0.39, 0.29) is 40.7 Å². The first-order chi connectivity index (χ1) is 24.8. The van der Waals surface area contributed by atoms with E-state index < -0.39 is 0 Å². The molecule has 4 nitrogen and oxygen atoms in total. The molecule has 0 radical (unpaired) electrons. The van der Waals surface area contributed by atoms with E-state index in [0.29, 0.717) is 11.3 Å². The van der Waals surface area contributed by atoms with Crippen LogP contribution in [0.3, 0.4) is 0 Å². The molecule has 0 aromatic heterocycles. The van der Waals surface area contributed by atoms with Gasteiger partial charge in [0.2, 0.25) is 0 Å². The molecular formula is C50H59NO3. The third-order valence-corrected chi connectivity index (χ3v) is 11.5. The molecule has 0 saturated heterocycles. The molecule has 0 heterocycles. The number of hydrogen-bond acceptors (Lipinski definition) is 4. The summed E-state index contributed by atoms with van der Waals surface area (Å²) in [7, 11) is 0. The number of carbonyl (C=O) groups is 2. The molecule has 282 valence electrons. The number of allylic oxidation sites excluding steroid dienone is 1. The smallest absolute Gasteiger partial charge is 0.159 e. The van der Waals surface area contributed by atoms with Crippen LogP contribution in [0.15, 0.2) is 96.2 Å². The lowest BCUT2D eigenvalue weighted by molar-refractivity contribution is 0.100. The summed E-state index contributed by atoms with van der Waals surface area (Å²) in [5.74, 6) is 6.63. The Kier molecular flexibility index (Phi) is 12.5. The number of Topliss-reactive ketones (excluding diaryl/α,β-unsaturated/α-hetero) is 2. The number of nitrogens with zero attached hydrogens (tertiary/aromatic N) is 1. The van der Waals surface area contributed by atoms with Gasteiger partial charge in [-0.25, -0.2) is 0 Å². The van der Waals surface area contributed by atoms with Gasteiger partial charge in [0.05, 0.1) is 0 Å². The van der Waals surface area contributed by atoms with E-state index in [4.69, 9.17) is 0 Å². The Hall–Kier alpha value is -5.01. The van der Waals surface area contributed by atoms with E-state index in [1.54, 1.807) is 26.0 Å². The van der Waals surface area contributed by atoms with Crippen LogP contribution in [0.2, 0.25) is 0 Å². The summed E-state index contributed by atoms with van der Waals surface area (Å²) >= 11 is 0. The van der Waals surface area contributed by atoms with Gasteiger partial charge in [0, 0.05) is 27.8 Å². The van der Waals surface area contributed by atoms with Crippen molar-refractivity contribution in [3.05, 3.63) is 147 Å². The molecule has 4 aromatic carbocycles. The predicted molar refractivity (Wildman–Crippen MR) is 226 cm³/mol. The largest absolute Gasteiger partial charge is 0.410 e. The van der Waals surface area contributed by atoms with Gasteiger partial charge >= 0.3 is 0 Å². The molecule has 0 fully saturated rings. The molecule has 6 rings (SSSR count). The van der Waals surface area contributed by atoms with E-state index in [0.717, 1.165) is 34.2 Å². The van der Waals surface area contributed by atoms with Crippen molar-refractivity contribution in [3.8, 4) is 11.8 Å². The summed E-state index contributed by atoms with van der Waals surface area (Å²) < 4.78 is 0. The van der Waals surface area contributed by atoms with Crippen LogP contribution < -0.4 is 0 Å². The van der Waals surface area contributed by atoms with Gasteiger partial charge in [0.15, 0.2) is 11.6 Å². The molecule has 2 aliphatic rings. The minimum Gasteiger partial charge on any atom is -0.410 e. The van der Waals surface area contributed by atoms with Crippen LogP contribution in [0.25, 0.3) is 6.08 Å². The highest BCUT2D eigenvalue weighted by molar-refractivity contribution is 6.10. The topological polar surface area (TPSA) is 66.7 Å². The van der Waals surface area contributed by atoms with Crippen LogP contribution in [-0.4, -0.2) is 22.5 Å². The number of ketones is 2. The first kappa shape index (κ1) is 41.7. The van der Waals surface area contributed by atoms with Crippen LogP contribution in [0.1, 0.15) is 168 Å². The predicted octanol–water partition coefficient (Wildman–Crippen LogP) is 12.4. The molecular weight excluding hydrogens is 663 g/mol. The average molecular weight is 722 g/mol. The summed E-state index contributed by atoms with van der Waals surface area (Å²) in [6.45, 7) is 21.6. The first-order valence-corrected chi connectivity index (χ1v) is 18.8. The minimum absolute atomic E-state index is 0. The molecule has 0 bridgehead atoms. The summed E-state index contributed by atoms with van der Waals surface area (Å²) in [6.07, 6.45) is 8.39. The van der Waals surface area contributed by atoms with Crippen LogP contribution in [0.5, 0.6) is 0 Å². The third-order valence-electron chi connectivity index (χ3n) is 11.5. The van der Waals surface area contributed by atoms with Crippen LogP contribution in [0, 0.1) is 11.8 Å². The van der Waals surface area contributed by atoms with Crippen molar-refractivity contribution in [3.63, 3.8) is 0 Å². The molecule has 4 aromatic rings. The molecule has 0 atom stereocenters. The fourth-order valence-corrected chi connectivity index (χ4v) is 7.57. The monoisotopic (exact) mass is 721 g/mol. The van der Waals surface area contributed by atoms with Crippen LogP contribution in [0.4, 0.5) is 0 Å². The van der Waals surface area contributed by atoms with Crippen molar-refractivity contribution in [2.24, 2.45) is 5.16 Å². The molecule has 1 N–H and O–H groups in total. The summed E-state index contributed by atoms with van der Waals surface area (Å²) in [4.78, 5) is 22.9. The zero-order valence-electron chi connectivity index (χ0n) is 33.3. The van der Waals surface area contributed by atoms with E-state index in [1.165, 1.54) is 41.5 Å².